The van der Waals surface area contributed by atoms with Crippen LogP contribution in [0.4, 0.5) is 0 Å². The van der Waals surface area contributed by atoms with Crippen LogP contribution in [0.25, 0.3) is 5.69 Å². The van der Waals surface area contributed by atoms with Gasteiger partial charge in [-0.3, -0.25) is 9.59 Å². The van der Waals surface area contributed by atoms with Gasteiger partial charge in [0.1, 0.15) is 11.5 Å². The van der Waals surface area contributed by atoms with Crippen molar-refractivity contribution in [2.45, 2.75) is 44.2 Å². The zero-order chi connectivity index (χ0) is 20.1. The first-order valence-electron chi connectivity index (χ1n) is 9.69. The predicted molar refractivity (Wildman–Crippen MR) is 105 cm³/mol. The Kier molecular flexibility index (Phi) is 5.41. The Labute approximate surface area is 168 Å². The van der Waals surface area contributed by atoms with Gasteiger partial charge in [0.2, 0.25) is 11.8 Å². The molecule has 150 valence electrons. The van der Waals surface area contributed by atoms with Crippen LogP contribution in [0.1, 0.15) is 37.1 Å². The lowest BCUT2D eigenvalue weighted by atomic mass is 9.87. The summed E-state index contributed by atoms with van der Waals surface area (Å²) in [5.41, 5.74) is 1.12. The summed E-state index contributed by atoms with van der Waals surface area (Å²) < 4.78 is 5.44. The number of nitrogens with zero attached hydrogens (tertiary/aromatic N) is 3. The van der Waals surface area contributed by atoms with Crippen LogP contribution in [0.3, 0.4) is 0 Å². The summed E-state index contributed by atoms with van der Waals surface area (Å²) in [4.78, 5) is 25.7. The minimum atomic E-state index is -0.428. The van der Waals surface area contributed by atoms with E-state index in [0.717, 1.165) is 11.4 Å². The van der Waals surface area contributed by atoms with E-state index in [-0.39, 0.29) is 11.8 Å². The first-order valence-corrected chi connectivity index (χ1v) is 9.69. The monoisotopic (exact) mass is 393 g/mol. The number of carbonyl (C=O) groups excluding carboxylic acids is 2. The van der Waals surface area contributed by atoms with Crippen molar-refractivity contribution in [2.24, 2.45) is 0 Å². The second kappa shape index (κ2) is 8.30. The Hall–Kier alpha value is -3.42. The van der Waals surface area contributed by atoms with Crippen LogP contribution in [0.2, 0.25) is 0 Å². The van der Waals surface area contributed by atoms with Crippen LogP contribution >= 0.6 is 0 Å². The first kappa shape index (κ1) is 18.9. The molecule has 0 bridgehead atoms. The molecule has 1 atom stereocenters. The molecule has 1 aromatic carbocycles. The number of benzene rings is 1. The highest BCUT2D eigenvalue weighted by Crippen LogP contribution is 2.29. The summed E-state index contributed by atoms with van der Waals surface area (Å²) in [7, 11) is 0. The quantitative estimate of drug-likeness (QED) is 0.611. The van der Waals surface area contributed by atoms with Crippen molar-refractivity contribution in [2.75, 3.05) is 0 Å². The van der Waals surface area contributed by atoms with E-state index in [9.17, 15) is 9.59 Å². The molecule has 1 aliphatic heterocycles. The molecule has 0 radical (unpaired) electrons. The van der Waals surface area contributed by atoms with Gasteiger partial charge in [-0.2, -0.15) is 15.0 Å². The fourth-order valence-corrected chi connectivity index (χ4v) is 3.62. The van der Waals surface area contributed by atoms with E-state index in [1.807, 2.05) is 42.5 Å². The molecule has 2 amide bonds. The van der Waals surface area contributed by atoms with E-state index in [1.165, 1.54) is 4.80 Å². The van der Waals surface area contributed by atoms with E-state index in [4.69, 9.17) is 4.42 Å². The van der Waals surface area contributed by atoms with Crippen LogP contribution in [0.5, 0.6) is 0 Å². The number of rotatable bonds is 8. The number of amides is 2. The Morgan fingerprint density at radius 1 is 1.24 bits per heavy atom. The van der Waals surface area contributed by atoms with Crippen molar-refractivity contribution in [3.05, 3.63) is 66.4 Å². The van der Waals surface area contributed by atoms with Gasteiger partial charge in [0, 0.05) is 24.8 Å². The molecule has 0 spiro atoms. The molecular weight excluding hydrogens is 370 g/mol. The van der Waals surface area contributed by atoms with Gasteiger partial charge < -0.3 is 15.1 Å². The Bertz CT molecular complexity index is 967. The van der Waals surface area contributed by atoms with E-state index in [0.29, 0.717) is 44.3 Å². The lowest BCUT2D eigenvalue weighted by molar-refractivity contribution is -0.123. The lowest BCUT2D eigenvalue weighted by Gasteiger charge is -2.28. The number of para-hydroxylation sites is 1. The van der Waals surface area contributed by atoms with Gasteiger partial charge in [-0.25, -0.2) is 0 Å². The van der Waals surface area contributed by atoms with Crippen molar-refractivity contribution in [3.8, 4) is 5.69 Å². The van der Waals surface area contributed by atoms with Crippen molar-refractivity contribution in [1.82, 2.24) is 25.6 Å². The van der Waals surface area contributed by atoms with Crippen LogP contribution in [0, 0.1) is 0 Å². The highest BCUT2D eigenvalue weighted by molar-refractivity contribution is 5.80. The van der Waals surface area contributed by atoms with Gasteiger partial charge in [0.15, 0.2) is 0 Å². The van der Waals surface area contributed by atoms with E-state index >= 15 is 0 Å². The Morgan fingerprint density at radius 3 is 2.83 bits per heavy atom. The second-order valence-electron chi connectivity index (χ2n) is 7.32. The summed E-state index contributed by atoms with van der Waals surface area (Å²) in [5.74, 6) is 0.749. The molecule has 1 saturated heterocycles. The van der Waals surface area contributed by atoms with Gasteiger partial charge in [0.05, 0.1) is 24.7 Å². The van der Waals surface area contributed by atoms with Gasteiger partial charge in [-0.15, -0.1) is 0 Å². The highest BCUT2D eigenvalue weighted by atomic mass is 16.3. The van der Waals surface area contributed by atoms with Crippen LogP contribution in [-0.2, 0) is 22.6 Å². The van der Waals surface area contributed by atoms with Crippen molar-refractivity contribution < 1.29 is 14.0 Å². The summed E-state index contributed by atoms with van der Waals surface area (Å²) in [6, 6.07) is 13.3. The van der Waals surface area contributed by atoms with Crippen molar-refractivity contribution in [1.29, 1.82) is 0 Å². The summed E-state index contributed by atoms with van der Waals surface area (Å²) in [6.45, 7) is 0.309. The molecule has 3 heterocycles. The fourth-order valence-electron chi connectivity index (χ4n) is 3.62. The lowest BCUT2D eigenvalue weighted by Crippen LogP contribution is -2.44. The van der Waals surface area contributed by atoms with Crippen LogP contribution < -0.4 is 10.6 Å². The summed E-state index contributed by atoms with van der Waals surface area (Å²) in [6.07, 6.45) is 5.90. The smallest absolute Gasteiger partial charge is 0.220 e. The second-order valence-corrected chi connectivity index (χ2v) is 7.32. The largest absolute Gasteiger partial charge is 0.469 e. The third kappa shape index (κ3) is 4.71. The van der Waals surface area contributed by atoms with Crippen molar-refractivity contribution in [3.63, 3.8) is 0 Å². The molecule has 8 heteroatoms. The van der Waals surface area contributed by atoms with Crippen molar-refractivity contribution >= 4 is 11.8 Å². The predicted octanol–water partition coefficient (Wildman–Crippen LogP) is 2.15. The maximum absolute atomic E-state index is 12.4. The Morgan fingerprint density at radius 2 is 2.10 bits per heavy atom. The van der Waals surface area contributed by atoms with E-state index in [1.54, 1.807) is 12.5 Å². The number of carbonyl (C=O) groups is 2. The third-order valence-corrected chi connectivity index (χ3v) is 5.15. The van der Waals surface area contributed by atoms with Crippen LogP contribution in [0.15, 0.2) is 59.3 Å². The molecule has 0 unspecified atom stereocenters. The zero-order valence-electron chi connectivity index (χ0n) is 16.0. The summed E-state index contributed by atoms with van der Waals surface area (Å²) >= 11 is 0. The van der Waals surface area contributed by atoms with Gasteiger partial charge in [-0.05, 0) is 37.1 Å². The molecular formula is C21H23N5O3. The number of furan rings is 1. The number of nitrogens with one attached hydrogen (secondary N) is 2. The minimum Gasteiger partial charge on any atom is -0.469 e. The molecule has 8 nitrogen and oxygen atoms in total. The third-order valence-electron chi connectivity index (χ3n) is 5.15. The average molecular weight is 393 g/mol. The highest BCUT2D eigenvalue weighted by Gasteiger charge is 2.38. The number of aromatic nitrogens is 3. The standard InChI is InChI=1S/C21H23N5O3/c27-19(22-14-16-15-23-26(25-16)17-5-2-1-3-6-17)8-10-21(11-9-20(28)24-21)13-18-7-4-12-29-18/h1-7,12,15H,8-11,13-14H2,(H,22,27)(H,24,28)/t21-/m0/s1. The summed E-state index contributed by atoms with van der Waals surface area (Å²) in [5, 5.41) is 14.6. The average Bonchev–Trinajstić information content (AvgIpc) is 3.48. The first-order chi connectivity index (χ1) is 14.1. The fraction of sp³-hybridized carbons (Fsp3) is 0.333. The molecule has 2 N–H and O–H groups in total. The maximum atomic E-state index is 12.4. The molecule has 3 aromatic rings. The maximum Gasteiger partial charge on any atom is 0.220 e. The minimum absolute atomic E-state index is 0.0227. The molecule has 4 rings (SSSR count). The molecule has 2 aromatic heterocycles. The number of hydrogen-bond donors (Lipinski definition) is 2. The van der Waals surface area contributed by atoms with Gasteiger partial charge in [0.25, 0.3) is 0 Å². The molecule has 29 heavy (non-hydrogen) atoms. The SMILES string of the molecule is O=C(CC[C@@]1(Cc2ccco2)CCC(=O)N1)NCc1cnn(-c2ccccc2)n1. The van der Waals surface area contributed by atoms with Crippen LogP contribution in [-0.4, -0.2) is 32.3 Å². The van der Waals surface area contributed by atoms with E-state index < -0.39 is 5.54 Å². The van der Waals surface area contributed by atoms with Gasteiger partial charge >= 0.3 is 0 Å². The normalized spacial score (nSPS) is 18.6. The molecule has 1 fully saturated rings. The van der Waals surface area contributed by atoms with Gasteiger partial charge in [-0.1, -0.05) is 18.2 Å². The molecule has 1 aliphatic rings. The molecule has 0 aliphatic carbocycles. The number of hydrogen-bond acceptors (Lipinski definition) is 5. The zero-order valence-corrected chi connectivity index (χ0v) is 16.0. The van der Waals surface area contributed by atoms with E-state index in [2.05, 4.69) is 20.8 Å². The molecule has 0 saturated carbocycles. The Balaban J connectivity index is 1.30. The topological polar surface area (TPSA) is 102 Å².